The molecule has 1 rings (SSSR count). The lowest BCUT2D eigenvalue weighted by Gasteiger charge is -2.20. The van der Waals surface area contributed by atoms with Crippen molar-refractivity contribution in [1.82, 2.24) is 10.6 Å². The predicted molar refractivity (Wildman–Crippen MR) is 66.5 cm³/mol. The van der Waals surface area contributed by atoms with Gasteiger partial charge >= 0.3 is 0 Å². The maximum atomic E-state index is 11.4. The molecule has 0 saturated carbocycles. The fourth-order valence-corrected chi connectivity index (χ4v) is 1.88. The minimum Gasteiger partial charge on any atom is -0.358 e. The lowest BCUT2D eigenvalue weighted by molar-refractivity contribution is -0.122. The Morgan fingerprint density at radius 3 is 2.50 bits per heavy atom. The van der Waals surface area contributed by atoms with Crippen molar-refractivity contribution in [3.05, 3.63) is 34.9 Å². The molecule has 0 heterocycles. The van der Waals surface area contributed by atoms with Crippen molar-refractivity contribution >= 4 is 17.5 Å². The van der Waals surface area contributed by atoms with Crippen LogP contribution in [0, 0.1) is 0 Å². The number of carbonyl (C=O) groups excluding carboxylic acids is 1. The summed E-state index contributed by atoms with van der Waals surface area (Å²) in [7, 11) is 1.63. The summed E-state index contributed by atoms with van der Waals surface area (Å²) >= 11 is 6.08. The van der Waals surface area contributed by atoms with Crippen LogP contribution in [-0.2, 0) is 4.79 Å². The van der Waals surface area contributed by atoms with E-state index < -0.39 is 0 Å². The molecule has 1 aromatic rings. The normalized spacial score (nSPS) is 14.2. The summed E-state index contributed by atoms with van der Waals surface area (Å²) < 4.78 is 0. The van der Waals surface area contributed by atoms with Crippen LogP contribution in [0.5, 0.6) is 0 Å². The van der Waals surface area contributed by atoms with Gasteiger partial charge in [-0.2, -0.15) is 0 Å². The summed E-state index contributed by atoms with van der Waals surface area (Å²) in [5.74, 6) is -0.0288. The highest BCUT2D eigenvalue weighted by Gasteiger charge is 2.16. The van der Waals surface area contributed by atoms with Gasteiger partial charge in [0.15, 0.2) is 0 Å². The fraction of sp³-hybridized carbons (Fsp3) is 0.417. The maximum Gasteiger partial charge on any atom is 0.236 e. The number of carbonyl (C=O) groups is 1. The number of halogens is 1. The Morgan fingerprint density at radius 1 is 1.31 bits per heavy atom. The lowest BCUT2D eigenvalue weighted by atomic mass is 10.1. The van der Waals surface area contributed by atoms with Crippen LogP contribution in [-0.4, -0.2) is 19.0 Å². The Hall–Kier alpha value is -1.06. The monoisotopic (exact) mass is 240 g/mol. The van der Waals surface area contributed by atoms with Gasteiger partial charge in [0.25, 0.3) is 0 Å². The van der Waals surface area contributed by atoms with Gasteiger partial charge in [0, 0.05) is 18.1 Å². The summed E-state index contributed by atoms with van der Waals surface area (Å²) in [6, 6.07) is 7.43. The van der Waals surface area contributed by atoms with E-state index in [9.17, 15) is 4.79 Å². The summed E-state index contributed by atoms with van der Waals surface area (Å²) in [6.45, 7) is 3.81. The van der Waals surface area contributed by atoms with E-state index in [0.29, 0.717) is 5.02 Å². The molecule has 16 heavy (non-hydrogen) atoms. The molecule has 0 aliphatic rings. The van der Waals surface area contributed by atoms with Gasteiger partial charge in [0.1, 0.15) is 0 Å². The van der Waals surface area contributed by atoms with Crippen LogP contribution in [0.2, 0.25) is 5.02 Å². The van der Waals surface area contributed by atoms with Gasteiger partial charge in [-0.25, -0.2) is 0 Å². The Morgan fingerprint density at radius 2 is 1.94 bits per heavy atom. The van der Waals surface area contributed by atoms with E-state index in [2.05, 4.69) is 10.6 Å². The van der Waals surface area contributed by atoms with Crippen LogP contribution in [0.1, 0.15) is 25.5 Å². The topological polar surface area (TPSA) is 41.1 Å². The van der Waals surface area contributed by atoms with Gasteiger partial charge in [-0.3, -0.25) is 10.1 Å². The molecule has 2 N–H and O–H groups in total. The molecule has 0 unspecified atom stereocenters. The first-order valence-electron chi connectivity index (χ1n) is 5.28. The molecule has 1 aromatic carbocycles. The Labute approximate surface area is 101 Å². The van der Waals surface area contributed by atoms with Crippen molar-refractivity contribution in [2.45, 2.75) is 25.9 Å². The zero-order chi connectivity index (χ0) is 12.1. The molecule has 2 atom stereocenters. The van der Waals surface area contributed by atoms with Gasteiger partial charge in [-0.15, -0.1) is 0 Å². The van der Waals surface area contributed by atoms with Gasteiger partial charge in [0.2, 0.25) is 5.91 Å². The van der Waals surface area contributed by atoms with Crippen LogP contribution < -0.4 is 10.6 Å². The van der Waals surface area contributed by atoms with Gasteiger partial charge < -0.3 is 5.32 Å². The van der Waals surface area contributed by atoms with Gasteiger partial charge in [-0.05, 0) is 25.5 Å². The smallest absolute Gasteiger partial charge is 0.236 e. The Balaban J connectivity index is 2.69. The third kappa shape index (κ3) is 3.22. The zero-order valence-corrected chi connectivity index (χ0v) is 10.5. The first-order chi connectivity index (χ1) is 7.56. The van der Waals surface area contributed by atoms with Crippen LogP contribution in [0.4, 0.5) is 0 Å². The molecular formula is C12H17ClN2O. The molecule has 88 valence electrons. The highest BCUT2D eigenvalue weighted by Crippen LogP contribution is 2.22. The molecule has 0 spiro atoms. The number of likely N-dealkylation sites (N-methyl/N-ethyl adjacent to an activating group) is 1. The van der Waals surface area contributed by atoms with E-state index in [1.807, 2.05) is 38.1 Å². The van der Waals surface area contributed by atoms with E-state index in [1.54, 1.807) is 7.05 Å². The molecule has 0 aromatic heterocycles. The highest BCUT2D eigenvalue weighted by molar-refractivity contribution is 6.31. The number of rotatable bonds is 4. The zero-order valence-electron chi connectivity index (χ0n) is 9.75. The molecule has 4 heteroatoms. The van der Waals surface area contributed by atoms with Crippen molar-refractivity contribution in [3.8, 4) is 0 Å². The number of hydrogen-bond donors (Lipinski definition) is 2. The number of nitrogens with one attached hydrogen (secondary N) is 2. The largest absolute Gasteiger partial charge is 0.358 e. The van der Waals surface area contributed by atoms with Crippen molar-refractivity contribution in [2.75, 3.05) is 7.05 Å². The van der Waals surface area contributed by atoms with E-state index in [4.69, 9.17) is 11.6 Å². The second-order valence-electron chi connectivity index (χ2n) is 3.75. The molecule has 0 radical (unpaired) electrons. The Bertz CT molecular complexity index is 368. The average molecular weight is 241 g/mol. The summed E-state index contributed by atoms with van der Waals surface area (Å²) in [4.78, 5) is 11.4. The number of amides is 1. The predicted octanol–water partition coefficient (Wildman–Crippen LogP) is 2.13. The lowest BCUT2D eigenvalue weighted by Crippen LogP contribution is -2.41. The van der Waals surface area contributed by atoms with Crippen LogP contribution in [0.3, 0.4) is 0 Å². The minimum atomic E-state index is -0.240. The Kier molecular flexibility index (Phi) is 4.77. The van der Waals surface area contributed by atoms with E-state index in [-0.39, 0.29) is 18.0 Å². The number of hydrogen-bond acceptors (Lipinski definition) is 2. The quantitative estimate of drug-likeness (QED) is 0.847. The molecule has 3 nitrogen and oxygen atoms in total. The first kappa shape index (κ1) is 13.0. The maximum absolute atomic E-state index is 11.4. The molecular weight excluding hydrogens is 224 g/mol. The SMILES string of the molecule is CNC(=O)[C@H](C)N[C@@H](C)c1ccccc1Cl. The fourth-order valence-electron chi connectivity index (χ4n) is 1.58. The number of benzene rings is 1. The first-order valence-corrected chi connectivity index (χ1v) is 5.66. The van der Waals surface area contributed by atoms with Gasteiger partial charge in [0.05, 0.1) is 6.04 Å². The van der Waals surface area contributed by atoms with Crippen LogP contribution in [0.15, 0.2) is 24.3 Å². The van der Waals surface area contributed by atoms with Gasteiger partial charge in [-0.1, -0.05) is 29.8 Å². The average Bonchev–Trinajstić information content (AvgIpc) is 2.28. The second-order valence-corrected chi connectivity index (χ2v) is 4.15. The van der Waals surface area contributed by atoms with Crippen LogP contribution >= 0.6 is 11.6 Å². The molecule has 0 aliphatic heterocycles. The molecule has 0 aliphatic carbocycles. The minimum absolute atomic E-state index is 0.0288. The highest BCUT2D eigenvalue weighted by atomic mass is 35.5. The molecule has 0 saturated heterocycles. The summed E-state index contributed by atoms with van der Waals surface area (Å²) in [5.41, 5.74) is 1.000. The van der Waals surface area contributed by atoms with Crippen molar-refractivity contribution < 1.29 is 4.79 Å². The van der Waals surface area contributed by atoms with E-state index in [1.165, 1.54) is 0 Å². The van der Waals surface area contributed by atoms with E-state index in [0.717, 1.165) is 5.56 Å². The molecule has 0 bridgehead atoms. The van der Waals surface area contributed by atoms with Crippen molar-refractivity contribution in [1.29, 1.82) is 0 Å². The van der Waals surface area contributed by atoms with Crippen LogP contribution in [0.25, 0.3) is 0 Å². The third-order valence-electron chi connectivity index (χ3n) is 2.51. The molecule has 0 fully saturated rings. The van der Waals surface area contributed by atoms with Crippen molar-refractivity contribution in [2.24, 2.45) is 0 Å². The molecule has 1 amide bonds. The standard InChI is InChI=1S/C12H17ClN2O/c1-8(15-9(2)12(16)14-3)10-6-4-5-7-11(10)13/h4-9,15H,1-3H3,(H,14,16)/t8-,9-/m0/s1. The van der Waals surface area contributed by atoms with Crippen molar-refractivity contribution in [3.63, 3.8) is 0 Å². The summed E-state index contributed by atoms with van der Waals surface area (Å²) in [6.07, 6.45) is 0. The second kappa shape index (κ2) is 5.87. The van der Waals surface area contributed by atoms with E-state index >= 15 is 0 Å². The summed E-state index contributed by atoms with van der Waals surface area (Å²) in [5, 5.41) is 6.51. The third-order valence-corrected chi connectivity index (χ3v) is 2.86.